The molecule has 0 spiro atoms. The van der Waals surface area contributed by atoms with Crippen LogP contribution >= 0.6 is 0 Å². The first-order valence-electron chi connectivity index (χ1n) is 6.19. The first kappa shape index (κ1) is 14.2. The van der Waals surface area contributed by atoms with Gasteiger partial charge in [0.05, 0.1) is 18.8 Å². The molecule has 0 aromatic carbocycles. The van der Waals surface area contributed by atoms with E-state index in [1.165, 1.54) is 0 Å². The van der Waals surface area contributed by atoms with Gasteiger partial charge in [0.1, 0.15) is 0 Å². The van der Waals surface area contributed by atoms with Gasteiger partial charge in [0, 0.05) is 5.57 Å². The second-order valence-corrected chi connectivity index (χ2v) is 4.87. The molecule has 1 fully saturated rings. The van der Waals surface area contributed by atoms with E-state index in [2.05, 4.69) is 6.58 Å². The molecule has 1 aliphatic rings. The van der Waals surface area contributed by atoms with Gasteiger partial charge in [-0.3, -0.25) is 0 Å². The summed E-state index contributed by atoms with van der Waals surface area (Å²) >= 11 is 0. The van der Waals surface area contributed by atoms with Gasteiger partial charge >= 0.3 is 5.97 Å². The van der Waals surface area contributed by atoms with Crippen LogP contribution in [0, 0.1) is 5.92 Å². The van der Waals surface area contributed by atoms with Crippen LogP contribution in [0.15, 0.2) is 12.2 Å². The van der Waals surface area contributed by atoms with Crippen molar-refractivity contribution < 1.29 is 19.7 Å². The standard InChI is InChI=1S/C13H22O4/c1-9(2)13(16)17-7-3-4-10-5-6-11(14)12(15)8-10/h10-12,14-15H,1,3-8H2,2H3. The Balaban J connectivity index is 2.11. The number of rotatable bonds is 5. The van der Waals surface area contributed by atoms with E-state index in [1.54, 1.807) is 6.92 Å². The molecule has 3 unspecified atom stereocenters. The van der Waals surface area contributed by atoms with E-state index in [1.807, 2.05) is 0 Å². The molecule has 4 nitrogen and oxygen atoms in total. The molecule has 0 aromatic heterocycles. The zero-order chi connectivity index (χ0) is 12.8. The fourth-order valence-electron chi connectivity index (χ4n) is 2.14. The third-order valence-corrected chi connectivity index (χ3v) is 3.23. The van der Waals surface area contributed by atoms with Crippen molar-refractivity contribution in [2.75, 3.05) is 6.61 Å². The smallest absolute Gasteiger partial charge is 0.333 e. The highest BCUT2D eigenvalue weighted by molar-refractivity contribution is 5.86. The van der Waals surface area contributed by atoms with Crippen LogP contribution < -0.4 is 0 Å². The van der Waals surface area contributed by atoms with Crippen LogP contribution in [0.3, 0.4) is 0 Å². The Morgan fingerprint density at radius 2 is 2.06 bits per heavy atom. The van der Waals surface area contributed by atoms with Crippen LogP contribution in [-0.2, 0) is 9.53 Å². The number of carbonyl (C=O) groups is 1. The number of hydrogen-bond acceptors (Lipinski definition) is 4. The number of carbonyl (C=O) groups excluding carboxylic acids is 1. The first-order chi connectivity index (χ1) is 8.00. The molecule has 0 aromatic rings. The summed E-state index contributed by atoms with van der Waals surface area (Å²) in [5.41, 5.74) is 0.418. The van der Waals surface area contributed by atoms with Gasteiger partial charge in [-0.25, -0.2) is 4.79 Å². The van der Waals surface area contributed by atoms with E-state index in [0.29, 0.717) is 30.9 Å². The van der Waals surface area contributed by atoms with Crippen molar-refractivity contribution >= 4 is 5.97 Å². The number of hydrogen-bond donors (Lipinski definition) is 2. The summed E-state index contributed by atoms with van der Waals surface area (Å²) in [5.74, 6) is 0.0843. The van der Waals surface area contributed by atoms with Crippen LogP contribution in [0.5, 0.6) is 0 Å². The Hall–Kier alpha value is -0.870. The number of aliphatic hydroxyl groups is 2. The summed E-state index contributed by atoms with van der Waals surface area (Å²) in [4.78, 5) is 11.1. The average Bonchev–Trinajstić information content (AvgIpc) is 2.28. The molecule has 0 saturated heterocycles. The summed E-state index contributed by atoms with van der Waals surface area (Å²) in [6.45, 7) is 5.54. The summed E-state index contributed by atoms with van der Waals surface area (Å²) in [5, 5.41) is 18.9. The third-order valence-electron chi connectivity index (χ3n) is 3.23. The van der Waals surface area contributed by atoms with Crippen molar-refractivity contribution in [1.82, 2.24) is 0 Å². The van der Waals surface area contributed by atoms with E-state index in [0.717, 1.165) is 19.3 Å². The van der Waals surface area contributed by atoms with Crippen molar-refractivity contribution in [3.8, 4) is 0 Å². The first-order valence-corrected chi connectivity index (χ1v) is 6.19. The van der Waals surface area contributed by atoms with Crippen LogP contribution in [0.4, 0.5) is 0 Å². The molecule has 1 rings (SSSR count). The second-order valence-electron chi connectivity index (χ2n) is 4.87. The predicted molar refractivity (Wildman–Crippen MR) is 64.4 cm³/mol. The Kier molecular flexibility index (Phi) is 5.65. The molecule has 0 radical (unpaired) electrons. The highest BCUT2D eigenvalue weighted by atomic mass is 16.5. The van der Waals surface area contributed by atoms with Gasteiger partial charge in [0.15, 0.2) is 0 Å². The number of aliphatic hydroxyl groups excluding tert-OH is 2. The molecule has 1 saturated carbocycles. The van der Waals surface area contributed by atoms with Gasteiger partial charge in [-0.05, 0) is 44.9 Å². The van der Waals surface area contributed by atoms with Crippen LogP contribution in [0.25, 0.3) is 0 Å². The fraction of sp³-hybridized carbons (Fsp3) is 0.769. The minimum atomic E-state index is -0.591. The molecule has 0 heterocycles. The molecule has 1 aliphatic carbocycles. The Labute approximate surface area is 102 Å². The van der Waals surface area contributed by atoms with E-state index in [4.69, 9.17) is 4.74 Å². The van der Waals surface area contributed by atoms with E-state index < -0.39 is 12.2 Å². The van der Waals surface area contributed by atoms with E-state index >= 15 is 0 Å². The van der Waals surface area contributed by atoms with Crippen molar-refractivity contribution in [1.29, 1.82) is 0 Å². The van der Waals surface area contributed by atoms with Gasteiger partial charge in [-0.1, -0.05) is 6.58 Å². The molecular weight excluding hydrogens is 220 g/mol. The molecule has 17 heavy (non-hydrogen) atoms. The van der Waals surface area contributed by atoms with Gasteiger partial charge < -0.3 is 14.9 Å². The Morgan fingerprint density at radius 1 is 1.35 bits per heavy atom. The highest BCUT2D eigenvalue weighted by Gasteiger charge is 2.26. The minimum Gasteiger partial charge on any atom is -0.462 e. The molecule has 98 valence electrons. The third kappa shape index (κ3) is 4.88. The van der Waals surface area contributed by atoms with Crippen molar-refractivity contribution in [3.05, 3.63) is 12.2 Å². The lowest BCUT2D eigenvalue weighted by molar-refractivity contribution is -0.139. The molecule has 0 amide bonds. The lowest BCUT2D eigenvalue weighted by Gasteiger charge is -2.29. The topological polar surface area (TPSA) is 66.8 Å². The van der Waals surface area contributed by atoms with Gasteiger partial charge in [0.2, 0.25) is 0 Å². The Bertz CT molecular complexity index is 275. The normalized spacial score (nSPS) is 28.8. The predicted octanol–water partition coefficient (Wildman–Crippen LogP) is 1.41. The lowest BCUT2D eigenvalue weighted by atomic mass is 9.83. The molecule has 2 N–H and O–H groups in total. The lowest BCUT2D eigenvalue weighted by Crippen LogP contribution is -2.33. The quantitative estimate of drug-likeness (QED) is 0.434. The zero-order valence-electron chi connectivity index (χ0n) is 10.4. The van der Waals surface area contributed by atoms with Crippen molar-refractivity contribution in [2.24, 2.45) is 5.92 Å². The fourth-order valence-corrected chi connectivity index (χ4v) is 2.14. The summed E-state index contributed by atoms with van der Waals surface area (Å²) in [7, 11) is 0. The summed E-state index contributed by atoms with van der Waals surface area (Å²) in [6.07, 6.45) is 2.82. The maximum absolute atomic E-state index is 11.1. The summed E-state index contributed by atoms with van der Waals surface area (Å²) < 4.78 is 4.99. The molecular formula is C13H22O4. The monoisotopic (exact) mass is 242 g/mol. The minimum absolute atomic E-state index is 0.343. The van der Waals surface area contributed by atoms with E-state index in [-0.39, 0.29) is 5.97 Å². The number of esters is 1. The maximum Gasteiger partial charge on any atom is 0.333 e. The van der Waals surface area contributed by atoms with Crippen molar-refractivity contribution in [2.45, 2.75) is 51.2 Å². The van der Waals surface area contributed by atoms with Crippen LogP contribution in [0.2, 0.25) is 0 Å². The SMILES string of the molecule is C=C(C)C(=O)OCCCC1CCC(O)C(O)C1. The zero-order valence-corrected chi connectivity index (χ0v) is 10.4. The average molecular weight is 242 g/mol. The van der Waals surface area contributed by atoms with Gasteiger partial charge in [0.25, 0.3) is 0 Å². The largest absolute Gasteiger partial charge is 0.462 e. The maximum atomic E-state index is 11.1. The Morgan fingerprint density at radius 3 is 2.65 bits per heavy atom. The van der Waals surface area contributed by atoms with Crippen molar-refractivity contribution in [3.63, 3.8) is 0 Å². The second kappa shape index (κ2) is 6.77. The molecule has 4 heteroatoms. The van der Waals surface area contributed by atoms with E-state index in [9.17, 15) is 15.0 Å². The van der Waals surface area contributed by atoms with Gasteiger partial charge in [-0.15, -0.1) is 0 Å². The summed E-state index contributed by atoms with van der Waals surface area (Å²) in [6, 6.07) is 0. The van der Waals surface area contributed by atoms with Gasteiger partial charge in [-0.2, -0.15) is 0 Å². The highest BCUT2D eigenvalue weighted by Crippen LogP contribution is 2.28. The molecule has 3 atom stereocenters. The van der Waals surface area contributed by atoms with Crippen LogP contribution in [0.1, 0.15) is 39.0 Å². The van der Waals surface area contributed by atoms with Crippen LogP contribution in [-0.4, -0.2) is 35.0 Å². The number of ether oxygens (including phenoxy) is 1. The molecule has 0 aliphatic heterocycles. The molecule has 0 bridgehead atoms.